The lowest BCUT2D eigenvalue weighted by Crippen LogP contribution is -2.41. The molecule has 1 saturated heterocycles. The molecular weight excluding hydrogens is 280 g/mol. The number of carbonyl (C=O) groups is 1. The number of hydrogen-bond acceptors (Lipinski definition) is 4. The van der Waals surface area contributed by atoms with Crippen LogP contribution in [-0.2, 0) is 6.42 Å². The van der Waals surface area contributed by atoms with Gasteiger partial charge in [0.1, 0.15) is 11.6 Å². The minimum atomic E-state index is 0.0600. The van der Waals surface area contributed by atoms with Crippen LogP contribution >= 0.6 is 0 Å². The van der Waals surface area contributed by atoms with Crippen molar-refractivity contribution >= 4 is 5.91 Å². The number of amides is 1. The van der Waals surface area contributed by atoms with Crippen molar-refractivity contribution in [1.29, 1.82) is 0 Å². The highest BCUT2D eigenvalue weighted by Crippen LogP contribution is 2.24. The molecule has 0 radical (unpaired) electrons. The molecule has 0 spiro atoms. The van der Waals surface area contributed by atoms with Gasteiger partial charge < -0.3 is 4.90 Å². The summed E-state index contributed by atoms with van der Waals surface area (Å²) < 4.78 is 1.96. The van der Waals surface area contributed by atoms with E-state index in [0.717, 1.165) is 43.1 Å². The minimum absolute atomic E-state index is 0.0600. The predicted molar refractivity (Wildman–Crippen MR) is 81.6 cm³/mol. The van der Waals surface area contributed by atoms with Gasteiger partial charge in [0.05, 0.1) is 17.8 Å². The van der Waals surface area contributed by atoms with Crippen LogP contribution in [0.5, 0.6) is 0 Å². The Labute approximate surface area is 129 Å². The highest BCUT2D eigenvalue weighted by molar-refractivity contribution is 5.95. The molecular formula is C15H22N6O. The molecule has 0 saturated carbocycles. The van der Waals surface area contributed by atoms with Crippen LogP contribution in [0.4, 0.5) is 0 Å². The first-order valence-electron chi connectivity index (χ1n) is 7.81. The first kappa shape index (κ1) is 14.7. The number of nitrogens with zero attached hydrogens (tertiary/aromatic N) is 5. The molecule has 7 heteroatoms. The van der Waals surface area contributed by atoms with Gasteiger partial charge in [0, 0.05) is 18.8 Å². The molecule has 1 aliphatic heterocycles. The lowest BCUT2D eigenvalue weighted by molar-refractivity contribution is 0.0670. The van der Waals surface area contributed by atoms with Crippen LogP contribution < -0.4 is 0 Å². The van der Waals surface area contributed by atoms with E-state index in [4.69, 9.17) is 0 Å². The zero-order valence-electron chi connectivity index (χ0n) is 13.3. The number of likely N-dealkylation sites (tertiary alicyclic amines) is 1. The molecule has 3 heterocycles. The quantitative estimate of drug-likeness (QED) is 0.935. The molecule has 1 fully saturated rings. The number of piperidine rings is 1. The summed E-state index contributed by atoms with van der Waals surface area (Å²) >= 11 is 0. The fraction of sp³-hybridized carbons (Fsp3) is 0.600. The van der Waals surface area contributed by atoms with Crippen molar-refractivity contribution < 1.29 is 4.79 Å². The molecule has 22 heavy (non-hydrogen) atoms. The molecule has 0 unspecified atom stereocenters. The van der Waals surface area contributed by atoms with Crippen LogP contribution in [0.25, 0.3) is 0 Å². The number of carbonyl (C=O) groups excluding carboxylic acids is 1. The maximum Gasteiger partial charge on any atom is 0.257 e. The molecule has 1 N–H and O–H groups in total. The van der Waals surface area contributed by atoms with Crippen molar-refractivity contribution in [2.75, 3.05) is 13.1 Å². The van der Waals surface area contributed by atoms with Gasteiger partial charge >= 0.3 is 0 Å². The lowest BCUT2D eigenvalue weighted by atomic mass is 10.0. The Morgan fingerprint density at radius 3 is 2.95 bits per heavy atom. The van der Waals surface area contributed by atoms with Crippen molar-refractivity contribution in [3.63, 3.8) is 0 Å². The van der Waals surface area contributed by atoms with E-state index in [9.17, 15) is 4.79 Å². The average molecular weight is 302 g/mol. The normalized spacial score (nSPS) is 18.7. The number of aryl methyl sites for hydroxylation is 3. The van der Waals surface area contributed by atoms with Gasteiger partial charge in [-0.15, -0.1) is 0 Å². The van der Waals surface area contributed by atoms with E-state index < -0.39 is 0 Å². The molecule has 3 rings (SSSR count). The summed E-state index contributed by atoms with van der Waals surface area (Å²) in [7, 11) is 0. The van der Waals surface area contributed by atoms with Gasteiger partial charge in [-0.1, -0.05) is 6.92 Å². The summed E-state index contributed by atoms with van der Waals surface area (Å²) in [6, 6.07) is 0.205. The van der Waals surface area contributed by atoms with Gasteiger partial charge in [0.2, 0.25) is 0 Å². The van der Waals surface area contributed by atoms with Crippen molar-refractivity contribution in [2.24, 2.45) is 0 Å². The Kier molecular flexibility index (Phi) is 3.96. The van der Waals surface area contributed by atoms with Gasteiger partial charge in [-0.3, -0.25) is 9.89 Å². The first-order chi connectivity index (χ1) is 10.6. The van der Waals surface area contributed by atoms with Gasteiger partial charge in [-0.05, 0) is 33.1 Å². The summed E-state index contributed by atoms with van der Waals surface area (Å²) in [6.07, 6.45) is 4.42. The van der Waals surface area contributed by atoms with Gasteiger partial charge in [0.25, 0.3) is 5.91 Å². The molecule has 1 atom stereocenters. The maximum atomic E-state index is 12.7. The van der Waals surface area contributed by atoms with E-state index in [1.54, 1.807) is 6.20 Å². The monoisotopic (exact) mass is 302 g/mol. The Bertz CT molecular complexity index is 673. The topological polar surface area (TPSA) is 79.7 Å². The molecule has 1 amide bonds. The molecule has 0 aliphatic carbocycles. The SMILES string of the molecule is CCc1[nH]ncc1C(=O)N1CCC[C@H](n2nc(C)nc2C)C1. The fourth-order valence-corrected chi connectivity index (χ4v) is 3.16. The number of hydrogen-bond donors (Lipinski definition) is 1. The fourth-order valence-electron chi connectivity index (χ4n) is 3.16. The molecule has 1 aliphatic rings. The van der Waals surface area contributed by atoms with Crippen LogP contribution in [0.3, 0.4) is 0 Å². The Morgan fingerprint density at radius 2 is 2.27 bits per heavy atom. The zero-order chi connectivity index (χ0) is 15.7. The van der Waals surface area contributed by atoms with Crippen molar-refractivity contribution in [1.82, 2.24) is 29.9 Å². The standard InChI is InChI=1S/C15H22N6O/c1-4-14-13(8-16-18-14)15(22)20-7-5-6-12(9-20)21-11(3)17-10(2)19-21/h8,12H,4-7,9H2,1-3H3,(H,16,18)/t12-/m0/s1. The van der Waals surface area contributed by atoms with Gasteiger partial charge in [-0.25, -0.2) is 9.67 Å². The molecule has 0 aromatic carbocycles. The van der Waals surface area contributed by atoms with Crippen LogP contribution in [0, 0.1) is 13.8 Å². The Morgan fingerprint density at radius 1 is 1.45 bits per heavy atom. The first-order valence-corrected chi connectivity index (χ1v) is 7.81. The zero-order valence-corrected chi connectivity index (χ0v) is 13.3. The smallest absolute Gasteiger partial charge is 0.257 e. The third kappa shape index (κ3) is 2.63. The van der Waals surface area contributed by atoms with E-state index in [1.807, 2.05) is 30.4 Å². The summed E-state index contributed by atoms with van der Waals surface area (Å²) in [5, 5.41) is 11.4. The van der Waals surface area contributed by atoms with Crippen LogP contribution in [-0.4, -0.2) is 48.9 Å². The van der Waals surface area contributed by atoms with Crippen molar-refractivity contribution in [3.8, 4) is 0 Å². The maximum absolute atomic E-state index is 12.7. The molecule has 7 nitrogen and oxygen atoms in total. The number of aromatic amines is 1. The number of rotatable bonds is 3. The highest BCUT2D eigenvalue weighted by Gasteiger charge is 2.28. The number of H-pyrrole nitrogens is 1. The Hall–Kier alpha value is -2.18. The van der Waals surface area contributed by atoms with E-state index >= 15 is 0 Å². The van der Waals surface area contributed by atoms with Crippen molar-refractivity contribution in [2.45, 2.75) is 46.1 Å². The summed E-state index contributed by atoms with van der Waals surface area (Å²) in [4.78, 5) is 19.0. The number of nitrogens with one attached hydrogen (secondary N) is 1. The van der Waals surface area contributed by atoms with E-state index in [1.165, 1.54) is 0 Å². The highest BCUT2D eigenvalue weighted by atomic mass is 16.2. The summed E-state index contributed by atoms with van der Waals surface area (Å²) in [5.41, 5.74) is 1.59. The second kappa shape index (κ2) is 5.90. The summed E-state index contributed by atoms with van der Waals surface area (Å²) in [6.45, 7) is 7.35. The van der Waals surface area contributed by atoms with Crippen LogP contribution in [0.1, 0.15) is 53.5 Å². The molecule has 2 aromatic heterocycles. The van der Waals surface area contributed by atoms with Crippen LogP contribution in [0.15, 0.2) is 6.20 Å². The largest absolute Gasteiger partial charge is 0.336 e. The molecule has 118 valence electrons. The third-order valence-electron chi connectivity index (χ3n) is 4.24. The van der Waals surface area contributed by atoms with E-state index in [2.05, 4.69) is 20.3 Å². The lowest BCUT2D eigenvalue weighted by Gasteiger charge is -2.33. The average Bonchev–Trinajstić information content (AvgIpc) is 3.12. The molecule has 2 aromatic rings. The summed E-state index contributed by atoms with van der Waals surface area (Å²) in [5.74, 6) is 1.75. The van der Waals surface area contributed by atoms with E-state index in [0.29, 0.717) is 12.1 Å². The van der Waals surface area contributed by atoms with E-state index in [-0.39, 0.29) is 11.9 Å². The van der Waals surface area contributed by atoms with Gasteiger partial charge in [0.15, 0.2) is 0 Å². The minimum Gasteiger partial charge on any atom is -0.336 e. The predicted octanol–water partition coefficient (Wildman–Crippen LogP) is 1.66. The second-order valence-corrected chi connectivity index (χ2v) is 5.81. The van der Waals surface area contributed by atoms with Crippen LogP contribution in [0.2, 0.25) is 0 Å². The Balaban J connectivity index is 1.78. The third-order valence-corrected chi connectivity index (χ3v) is 4.24. The molecule has 0 bridgehead atoms. The number of aromatic nitrogens is 5. The second-order valence-electron chi connectivity index (χ2n) is 5.81. The van der Waals surface area contributed by atoms with Crippen molar-refractivity contribution in [3.05, 3.63) is 29.1 Å². The van der Waals surface area contributed by atoms with Gasteiger partial charge in [-0.2, -0.15) is 10.2 Å².